The zero-order chi connectivity index (χ0) is 16.7. The van der Waals surface area contributed by atoms with Gasteiger partial charge in [0.2, 0.25) is 0 Å². The number of terminal acetylenes is 1. The van der Waals surface area contributed by atoms with Gasteiger partial charge in [0.25, 0.3) is 11.8 Å². The first-order valence-electron chi connectivity index (χ1n) is 6.99. The van der Waals surface area contributed by atoms with Crippen LogP contribution in [0.3, 0.4) is 0 Å². The molecule has 0 bridgehead atoms. The number of nitrogens with one attached hydrogen (secondary N) is 2. The molecular formula is C18H16N2O3. The van der Waals surface area contributed by atoms with Crippen molar-refractivity contribution in [3.63, 3.8) is 0 Å². The Hall–Kier alpha value is -3.10. The molecule has 5 heteroatoms. The van der Waals surface area contributed by atoms with Crippen LogP contribution in [0.25, 0.3) is 11.1 Å². The van der Waals surface area contributed by atoms with Crippen molar-refractivity contribution in [1.82, 2.24) is 10.8 Å². The second-order valence-electron chi connectivity index (χ2n) is 4.85. The third-order valence-corrected chi connectivity index (χ3v) is 3.31. The Morgan fingerprint density at radius 3 is 2.22 bits per heavy atom. The lowest BCUT2D eigenvalue weighted by atomic mass is 10.0. The van der Waals surface area contributed by atoms with Crippen molar-refractivity contribution in [2.75, 3.05) is 0 Å². The number of carbonyl (C=O) groups is 2. The minimum atomic E-state index is -0.980. The number of hydrogen-bond acceptors (Lipinski definition) is 3. The second kappa shape index (κ2) is 7.78. The van der Waals surface area contributed by atoms with Gasteiger partial charge in [0.1, 0.15) is 6.04 Å². The molecule has 23 heavy (non-hydrogen) atoms. The lowest BCUT2D eigenvalue weighted by molar-refractivity contribution is -0.131. The van der Waals surface area contributed by atoms with Crippen LogP contribution in [0.4, 0.5) is 0 Å². The molecule has 0 aromatic heterocycles. The summed E-state index contributed by atoms with van der Waals surface area (Å²) in [5.74, 6) is 1.09. The number of hydrogen-bond donors (Lipinski definition) is 3. The molecule has 116 valence electrons. The summed E-state index contributed by atoms with van der Waals surface area (Å²) in [5, 5.41) is 11.1. The minimum absolute atomic E-state index is 0.0137. The molecule has 2 aromatic carbocycles. The Kier molecular flexibility index (Phi) is 5.50. The van der Waals surface area contributed by atoms with Gasteiger partial charge in [-0.3, -0.25) is 14.8 Å². The van der Waals surface area contributed by atoms with E-state index in [0.29, 0.717) is 5.56 Å². The fourth-order valence-corrected chi connectivity index (χ4v) is 2.09. The van der Waals surface area contributed by atoms with Crippen molar-refractivity contribution in [2.24, 2.45) is 0 Å². The maximum absolute atomic E-state index is 12.2. The molecule has 0 radical (unpaired) electrons. The third-order valence-electron chi connectivity index (χ3n) is 3.31. The molecule has 0 aliphatic rings. The van der Waals surface area contributed by atoms with E-state index in [9.17, 15) is 9.59 Å². The first-order chi connectivity index (χ1) is 11.2. The standard InChI is InChI=1S/C18H16N2O3/c1-2-6-16(18(22)20-23)19-17(21)15-11-9-14(10-12-15)13-7-4-3-5-8-13/h1,3-5,7-12,16,23H,6H2,(H,19,21)(H,20,22)/t16-/m0/s1. The van der Waals surface area contributed by atoms with Crippen LogP contribution in [-0.2, 0) is 4.79 Å². The first kappa shape index (κ1) is 16.3. The molecule has 2 rings (SSSR count). The highest BCUT2D eigenvalue weighted by atomic mass is 16.5. The van der Waals surface area contributed by atoms with Gasteiger partial charge in [-0.15, -0.1) is 12.3 Å². The predicted octanol–water partition coefficient (Wildman–Crippen LogP) is 1.98. The van der Waals surface area contributed by atoms with Gasteiger partial charge in [0, 0.05) is 12.0 Å². The van der Waals surface area contributed by atoms with E-state index in [2.05, 4.69) is 11.2 Å². The molecule has 0 fully saturated rings. The number of hydroxylamine groups is 1. The van der Waals surface area contributed by atoms with E-state index in [4.69, 9.17) is 11.6 Å². The molecule has 1 atom stereocenters. The van der Waals surface area contributed by atoms with Gasteiger partial charge < -0.3 is 5.32 Å². The average Bonchev–Trinajstić information content (AvgIpc) is 2.61. The Morgan fingerprint density at radius 2 is 1.65 bits per heavy atom. The fourth-order valence-electron chi connectivity index (χ4n) is 2.09. The Morgan fingerprint density at radius 1 is 1.04 bits per heavy atom. The van der Waals surface area contributed by atoms with E-state index in [1.54, 1.807) is 12.1 Å². The quantitative estimate of drug-likeness (QED) is 0.449. The van der Waals surface area contributed by atoms with Crippen LogP contribution in [0, 0.1) is 12.3 Å². The summed E-state index contributed by atoms with van der Waals surface area (Å²) in [5.41, 5.74) is 3.92. The summed E-state index contributed by atoms with van der Waals surface area (Å²) in [6, 6.07) is 15.8. The molecule has 0 saturated carbocycles. The molecule has 5 nitrogen and oxygen atoms in total. The zero-order valence-electron chi connectivity index (χ0n) is 12.3. The molecule has 3 N–H and O–H groups in total. The summed E-state index contributed by atoms with van der Waals surface area (Å²) in [7, 11) is 0. The van der Waals surface area contributed by atoms with Crippen molar-refractivity contribution < 1.29 is 14.8 Å². The van der Waals surface area contributed by atoms with E-state index < -0.39 is 17.9 Å². The third kappa shape index (κ3) is 4.19. The van der Waals surface area contributed by atoms with Gasteiger partial charge in [-0.1, -0.05) is 42.5 Å². The van der Waals surface area contributed by atoms with Crippen LogP contribution in [-0.4, -0.2) is 23.1 Å². The first-order valence-corrected chi connectivity index (χ1v) is 6.99. The highest BCUT2D eigenvalue weighted by Gasteiger charge is 2.20. The van der Waals surface area contributed by atoms with Gasteiger partial charge in [0.05, 0.1) is 0 Å². The molecule has 2 amide bonds. The van der Waals surface area contributed by atoms with Gasteiger partial charge in [-0.25, -0.2) is 5.48 Å². The monoisotopic (exact) mass is 308 g/mol. The van der Waals surface area contributed by atoms with Gasteiger partial charge >= 0.3 is 0 Å². The molecule has 0 heterocycles. The van der Waals surface area contributed by atoms with Gasteiger partial charge in [-0.2, -0.15) is 0 Å². The van der Waals surface area contributed by atoms with E-state index in [-0.39, 0.29) is 6.42 Å². The number of amides is 2. The van der Waals surface area contributed by atoms with Gasteiger partial charge in [-0.05, 0) is 23.3 Å². The minimum Gasteiger partial charge on any atom is -0.339 e. The van der Waals surface area contributed by atoms with Crippen LogP contribution < -0.4 is 10.8 Å². The van der Waals surface area contributed by atoms with Crippen molar-refractivity contribution in [3.8, 4) is 23.5 Å². The SMILES string of the molecule is C#CC[C@H](NC(=O)c1ccc(-c2ccccc2)cc1)C(=O)NO. The van der Waals surface area contributed by atoms with Crippen LogP contribution in [0.5, 0.6) is 0 Å². The molecule has 2 aromatic rings. The number of rotatable bonds is 5. The van der Waals surface area contributed by atoms with Crippen LogP contribution >= 0.6 is 0 Å². The van der Waals surface area contributed by atoms with Crippen LogP contribution in [0.15, 0.2) is 54.6 Å². The number of benzene rings is 2. The van der Waals surface area contributed by atoms with E-state index >= 15 is 0 Å². The largest absolute Gasteiger partial charge is 0.339 e. The maximum atomic E-state index is 12.2. The summed E-state index contributed by atoms with van der Waals surface area (Å²) in [4.78, 5) is 23.6. The number of carbonyl (C=O) groups excluding carboxylic acids is 2. The molecule has 0 aliphatic heterocycles. The zero-order valence-corrected chi connectivity index (χ0v) is 12.3. The molecule has 0 aliphatic carbocycles. The highest BCUT2D eigenvalue weighted by molar-refractivity contribution is 5.97. The molecule has 0 saturated heterocycles. The van der Waals surface area contributed by atoms with E-state index in [1.807, 2.05) is 42.5 Å². The Labute approximate surface area is 134 Å². The Bertz CT molecular complexity index is 718. The average molecular weight is 308 g/mol. The van der Waals surface area contributed by atoms with Crippen molar-refractivity contribution in [1.29, 1.82) is 0 Å². The van der Waals surface area contributed by atoms with Gasteiger partial charge in [0.15, 0.2) is 0 Å². The summed E-state index contributed by atoms with van der Waals surface area (Å²) >= 11 is 0. The van der Waals surface area contributed by atoms with Crippen molar-refractivity contribution >= 4 is 11.8 Å². The lowest BCUT2D eigenvalue weighted by Gasteiger charge is -2.14. The normalized spacial score (nSPS) is 11.1. The van der Waals surface area contributed by atoms with Crippen molar-refractivity contribution in [3.05, 3.63) is 60.2 Å². The Balaban J connectivity index is 2.11. The summed E-state index contributed by atoms with van der Waals surface area (Å²) < 4.78 is 0. The fraction of sp³-hybridized carbons (Fsp3) is 0.111. The van der Waals surface area contributed by atoms with Crippen molar-refractivity contribution in [2.45, 2.75) is 12.5 Å². The molecule has 0 unspecified atom stereocenters. The molecule has 0 spiro atoms. The van der Waals surface area contributed by atoms with E-state index in [1.165, 1.54) is 5.48 Å². The summed E-state index contributed by atoms with van der Waals surface area (Å²) in [6.07, 6.45) is 5.14. The molecular weight excluding hydrogens is 292 g/mol. The second-order valence-corrected chi connectivity index (χ2v) is 4.85. The summed E-state index contributed by atoms with van der Waals surface area (Å²) in [6.45, 7) is 0. The lowest BCUT2D eigenvalue weighted by Crippen LogP contribution is -2.45. The predicted molar refractivity (Wildman–Crippen MR) is 86.5 cm³/mol. The van der Waals surface area contributed by atoms with Crippen LogP contribution in [0.2, 0.25) is 0 Å². The highest BCUT2D eigenvalue weighted by Crippen LogP contribution is 2.19. The van der Waals surface area contributed by atoms with Crippen LogP contribution in [0.1, 0.15) is 16.8 Å². The van der Waals surface area contributed by atoms with E-state index in [0.717, 1.165) is 11.1 Å². The smallest absolute Gasteiger partial charge is 0.266 e. The topological polar surface area (TPSA) is 78.4 Å². The maximum Gasteiger partial charge on any atom is 0.266 e.